The summed E-state index contributed by atoms with van der Waals surface area (Å²) >= 11 is 1.46. The van der Waals surface area contributed by atoms with E-state index < -0.39 is 22.0 Å². The molecule has 1 N–H and O–H groups in total. The zero-order valence-electron chi connectivity index (χ0n) is 10.8. The van der Waals surface area contributed by atoms with Gasteiger partial charge in [-0.15, -0.1) is 11.3 Å². The van der Waals surface area contributed by atoms with Crippen molar-refractivity contribution in [1.29, 1.82) is 0 Å². The average Bonchev–Trinajstić information content (AvgIpc) is 2.80. The van der Waals surface area contributed by atoms with Gasteiger partial charge in [-0.1, -0.05) is 0 Å². The molecule has 0 amide bonds. The third-order valence-electron chi connectivity index (χ3n) is 2.43. The van der Waals surface area contributed by atoms with Gasteiger partial charge in [-0.3, -0.25) is 4.55 Å². The normalized spacial score (nSPS) is 19.2. The van der Waals surface area contributed by atoms with Crippen molar-refractivity contribution in [3.63, 3.8) is 0 Å². The fourth-order valence-corrected chi connectivity index (χ4v) is 2.55. The van der Waals surface area contributed by atoms with Gasteiger partial charge in [0.25, 0.3) is 10.1 Å². The monoisotopic (exact) mass is 335 g/mol. The molecule has 0 aliphatic carbocycles. The van der Waals surface area contributed by atoms with Crippen molar-refractivity contribution >= 4 is 51.0 Å². The fraction of sp³-hybridized carbons (Fsp3) is 0.600. The van der Waals surface area contributed by atoms with Crippen molar-refractivity contribution in [2.24, 2.45) is 0 Å². The van der Waals surface area contributed by atoms with Crippen LogP contribution in [0.2, 0.25) is 0 Å². The number of fused-ring (bicyclic) bond motifs is 1. The Kier molecular flexibility index (Phi) is 7.19. The third kappa shape index (κ3) is 5.14. The Balaban J connectivity index is 0.00000200. The first-order valence-electron chi connectivity index (χ1n) is 5.50. The molecule has 1 aromatic rings. The summed E-state index contributed by atoms with van der Waals surface area (Å²) in [5.74, 6) is 1.34. The van der Waals surface area contributed by atoms with Crippen LogP contribution in [-0.2, 0) is 14.9 Å². The molecule has 0 fully saturated rings. The molecule has 2 unspecified atom stereocenters. The molecule has 10 heteroatoms. The fourth-order valence-electron chi connectivity index (χ4n) is 1.48. The Bertz CT molecular complexity index is 520. The molecule has 0 saturated heterocycles. The van der Waals surface area contributed by atoms with E-state index >= 15 is 0 Å². The molecule has 1 aliphatic heterocycles. The second kappa shape index (κ2) is 7.92. The van der Waals surface area contributed by atoms with Crippen LogP contribution >= 0.6 is 11.3 Å². The Labute approximate surface area is 142 Å². The van der Waals surface area contributed by atoms with Crippen LogP contribution in [-0.4, -0.2) is 74.0 Å². The van der Waals surface area contributed by atoms with E-state index in [4.69, 9.17) is 18.8 Å². The number of alkyl halides is 1. The third-order valence-corrected chi connectivity index (χ3v) is 4.01. The van der Waals surface area contributed by atoms with E-state index in [1.165, 1.54) is 11.3 Å². The first kappa shape index (κ1) is 18.1. The van der Waals surface area contributed by atoms with Crippen LogP contribution in [0.4, 0.5) is 4.39 Å². The summed E-state index contributed by atoms with van der Waals surface area (Å²) in [5.41, 5.74) is -2.32. The molecular formula is C10H13FNaO6S2. The van der Waals surface area contributed by atoms with E-state index in [-0.39, 0.29) is 48.9 Å². The van der Waals surface area contributed by atoms with E-state index in [0.29, 0.717) is 18.1 Å². The van der Waals surface area contributed by atoms with Crippen LogP contribution in [0.1, 0.15) is 6.42 Å². The van der Waals surface area contributed by atoms with E-state index in [9.17, 15) is 12.8 Å². The summed E-state index contributed by atoms with van der Waals surface area (Å²) < 4.78 is 58.2. The molecule has 0 aromatic carbocycles. The van der Waals surface area contributed by atoms with Crippen LogP contribution in [0.25, 0.3) is 0 Å². The van der Waals surface area contributed by atoms with Crippen molar-refractivity contribution in [3.8, 4) is 11.5 Å². The minimum atomic E-state index is -4.64. The molecule has 1 radical (unpaired) electrons. The Morgan fingerprint density at radius 1 is 1.50 bits per heavy atom. The van der Waals surface area contributed by atoms with Gasteiger partial charge in [0.15, 0.2) is 17.6 Å². The molecule has 2 heterocycles. The smallest absolute Gasteiger partial charge is 0.297 e. The minimum absolute atomic E-state index is 0. The van der Waals surface area contributed by atoms with Crippen molar-refractivity contribution in [2.75, 3.05) is 19.8 Å². The number of rotatable bonds is 6. The largest absolute Gasteiger partial charge is 0.485 e. The van der Waals surface area contributed by atoms with Gasteiger partial charge in [0.05, 0.1) is 13.2 Å². The van der Waals surface area contributed by atoms with Gasteiger partial charge in [0, 0.05) is 46.7 Å². The number of thiophene rings is 1. The quantitative estimate of drug-likeness (QED) is 0.476. The molecule has 0 spiro atoms. The summed E-state index contributed by atoms with van der Waals surface area (Å²) in [6.45, 7) is 0.353. The van der Waals surface area contributed by atoms with Crippen molar-refractivity contribution < 1.29 is 31.6 Å². The standard InChI is InChI=1S/C10H13FO6S2.Na/c11-10(19(12,13)14)1-2-15-3-7-4-16-8-5-18-6-9(8)17-7;/h5-7,10H,1-4H2,(H,12,13,14);. The Morgan fingerprint density at radius 3 is 2.90 bits per heavy atom. The number of hydrogen-bond donors (Lipinski definition) is 1. The van der Waals surface area contributed by atoms with Gasteiger partial charge in [-0.05, 0) is 0 Å². The van der Waals surface area contributed by atoms with Crippen LogP contribution in [0, 0.1) is 0 Å². The van der Waals surface area contributed by atoms with Crippen LogP contribution in [0.3, 0.4) is 0 Å². The molecule has 2 rings (SSSR count). The van der Waals surface area contributed by atoms with Crippen LogP contribution in [0.15, 0.2) is 10.8 Å². The number of hydrogen-bond acceptors (Lipinski definition) is 6. The molecule has 109 valence electrons. The summed E-state index contributed by atoms with van der Waals surface area (Å²) in [4.78, 5) is 0. The van der Waals surface area contributed by atoms with Gasteiger partial charge >= 0.3 is 0 Å². The van der Waals surface area contributed by atoms with Gasteiger partial charge in [-0.2, -0.15) is 8.42 Å². The van der Waals surface area contributed by atoms with Gasteiger partial charge in [0.1, 0.15) is 6.61 Å². The maximum atomic E-state index is 12.9. The zero-order chi connectivity index (χ0) is 13.9. The van der Waals surface area contributed by atoms with E-state index in [1.807, 2.05) is 5.38 Å². The molecule has 6 nitrogen and oxygen atoms in total. The predicted molar refractivity (Wildman–Crippen MR) is 71.9 cm³/mol. The van der Waals surface area contributed by atoms with Gasteiger partial charge < -0.3 is 14.2 Å². The summed E-state index contributed by atoms with van der Waals surface area (Å²) in [6, 6.07) is 0. The van der Waals surface area contributed by atoms with Crippen molar-refractivity contribution in [2.45, 2.75) is 18.0 Å². The maximum absolute atomic E-state index is 12.9. The molecule has 2 atom stereocenters. The first-order valence-corrected chi connectivity index (χ1v) is 7.95. The average molecular weight is 335 g/mol. The number of ether oxygens (including phenoxy) is 3. The SMILES string of the molecule is O=S(=O)(O)C(F)CCOCC1COc2cscc2O1.[Na]. The second-order valence-corrected chi connectivity index (χ2v) is 6.22. The zero-order valence-corrected chi connectivity index (χ0v) is 14.5. The Morgan fingerprint density at radius 2 is 2.20 bits per heavy atom. The van der Waals surface area contributed by atoms with E-state index in [0.717, 1.165) is 0 Å². The molecule has 1 aliphatic rings. The topological polar surface area (TPSA) is 82.1 Å². The van der Waals surface area contributed by atoms with Crippen LogP contribution in [0.5, 0.6) is 11.5 Å². The number of halogens is 1. The molecule has 0 saturated carbocycles. The minimum Gasteiger partial charge on any atom is -0.485 e. The molecule has 0 bridgehead atoms. The molecule has 1 aromatic heterocycles. The Hall–Kier alpha value is 0.1000. The van der Waals surface area contributed by atoms with E-state index in [2.05, 4.69) is 0 Å². The first-order chi connectivity index (χ1) is 8.97. The summed E-state index contributed by atoms with van der Waals surface area (Å²) in [7, 11) is -4.64. The van der Waals surface area contributed by atoms with Crippen molar-refractivity contribution in [3.05, 3.63) is 10.8 Å². The van der Waals surface area contributed by atoms with E-state index in [1.54, 1.807) is 5.38 Å². The van der Waals surface area contributed by atoms with Gasteiger partial charge in [0.2, 0.25) is 5.50 Å². The predicted octanol–water partition coefficient (Wildman–Crippen LogP) is 1.10. The van der Waals surface area contributed by atoms with Crippen molar-refractivity contribution in [1.82, 2.24) is 0 Å². The van der Waals surface area contributed by atoms with Gasteiger partial charge in [-0.25, -0.2) is 4.39 Å². The second-order valence-electron chi connectivity index (χ2n) is 3.94. The van der Waals surface area contributed by atoms with Crippen LogP contribution < -0.4 is 9.47 Å². The summed E-state index contributed by atoms with van der Waals surface area (Å²) in [6.07, 6.45) is -0.735. The molecule has 20 heavy (non-hydrogen) atoms. The summed E-state index contributed by atoms with van der Waals surface area (Å²) in [5, 5.41) is 3.63. The maximum Gasteiger partial charge on any atom is 0.297 e. The molecular weight excluding hydrogens is 322 g/mol.